The largest absolute Gasteiger partial charge is 0.357 e. The fourth-order valence-corrected chi connectivity index (χ4v) is 3.69. The highest BCUT2D eigenvalue weighted by atomic mass is 32.2. The molecule has 3 rings (SSSR count). The van der Waals surface area contributed by atoms with Crippen LogP contribution in [0, 0.1) is 11.3 Å². The summed E-state index contributed by atoms with van der Waals surface area (Å²) in [4.78, 5) is 1.23. The van der Waals surface area contributed by atoms with Gasteiger partial charge in [-0.05, 0) is 24.6 Å². The lowest BCUT2D eigenvalue weighted by atomic mass is 10.1. The van der Waals surface area contributed by atoms with E-state index in [1.165, 1.54) is 10.5 Å². The second kappa shape index (κ2) is 6.07. The summed E-state index contributed by atoms with van der Waals surface area (Å²) in [5.41, 5.74) is 4.16. The van der Waals surface area contributed by atoms with Gasteiger partial charge in [-0.2, -0.15) is 5.26 Å². The molecule has 0 saturated heterocycles. The first-order valence-electron chi connectivity index (χ1n) is 6.95. The van der Waals surface area contributed by atoms with Gasteiger partial charge in [0.05, 0.1) is 11.8 Å². The smallest absolute Gasteiger partial charge is 0.0962 e. The third-order valence-electron chi connectivity index (χ3n) is 3.62. The van der Waals surface area contributed by atoms with Crippen LogP contribution in [0.1, 0.15) is 24.2 Å². The van der Waals surface area contributed by atoms with Crippen LogP contribution < -0.4 is 5.32 Å². The zero-order valence-electron chi connectivity index (χ0n) is 11.8. The Bertz CT molecular complexity index is 713. The van der Waals surface area contributed by atoms with Crippen molar-refractivity contribution in [2.24, 2.45) is 0 Å². The first-order valence-corrected chi connectivity index (χ1v) is 7.83. The van der Waals surface area contributed by atoms with E-state index in [2.05, 4.69) is 53.9 Å². The molecule has 21 heavy (non-hydrogen) atoms. The topological polar surface area (TPSA) is 35.8 Å². The summed E-state index contributed by atoms with van der Waals surface area (Å²) >= 11 is 1.86. The predicted molar refractivity (Wildman–Crippen MR) is 88.0 cm³/mol. The summed E-state index contributed by atoms with van der Waals surface area (Å²) in [5.74, 6) is 0. The van der Waals surface area contributed by atoms with Crippen molar-refractivity contribution in [1.29, 1.82) is 5.26 Å². The van der Waals surface area contributed by atoms with Crippen LogP contribution in [-0.4, -0.2) is 0 Å². The molecule has 2 nitrogen and oxygen atoms in total. The van der Waals surface area contributed by atoms with Crippen LogP contribution >= 0.6 is 11.8 Å². The van der Waals surface area contributed by atoms with Crippen LogP contribution in [0.15, 0.2) is 70.8 Å². The molecule has 0 radical (unpaired) electrons. The van der Waals surface area contributed by atoms with E-state index in [0.717, 1.165) is 23.4 Å². The van der Waals surface area contributed by atoms with E-state index >= 15 is 0 Å². The van der Waals surface area contributed by atoms with Crippen LogP contribution in [0.5, 0.6) is 0 Å². The van der Waals surface area contributed by atoms with Crippen LogP contribution in [0.4, 0.5) is 5.69 Å². The number of anilines is 1. The molecule has 1 heterocycles. The van der Waals surface area contributed by atoms with Crippen LogP contribution in [0.3, 0.4) is 0 Å². The number of nitrogens with one attached hydrogen (secondary N) is 1. The highest BCUT2D eigenvalue weighted by Crippen LogP contribution is 2.45. The number of hydrogen-bond acceptors (Lipinski definition) is 3. The number of nitriles is 1. The van der Waals surface area contributed by atoms with Gasteiger partial charge in [-0.25, -0.2) is 0 Å². The van der Waals surface area contributed by atoms with E-state index in [4.69, 9.17) is 0 Å². The molecular formula is C18H16N2S. The van der Waals surface area contributed by atoms with Gasteiger partial charge in [0.15, 0.2) is 0 Å². The van der Waals surface area contributed by atoms with Gasteiger partial charge in [-0.1, -0.05) is 42.5 Å². The first-order chi connectivity index (χ1) is 10.3. The third kappa shape index (κ3) is 2.96. The summed E-state index contributed by atoms with van der Waals surface area (Å²) < 4.78 is 0. The van der Waals surface area contributed by atoms with E-state index in [1.54, 1.807) is 0 Å². The van der Waals surface area contributed by atoms with Gasteiger partial charge in [0, 0.05) is 27.8 Å². The van der Waals surface area contributed by atoms with Crippen LogP contribution in [0.2, 0.25) is 0 Å². The van der Waals surface area contributed by atoms with E-state index in [-0.39, 0.29) is 0 Å². The van der Waals surface area contributed by atoms with E-state index < -0.39 is 0 Å². The number of allylic oxidation sites excluding steroid dienone is 2. The predicted octanol–water partition coefficient (Wildman–Crippen LogP) is 5.13. The Balaban J connectivity index is 2.06. The van der Waals surface area contributed by atoms with Gasteiger partial charge in [0.2, 0.25) is 0 Å². The second-order valence-corrected chi connectivity index (χ2v) is 6.30. The number of hydrogen-bond donors (Lipinski definition) is 1. The minimum absolute atomic E-state index is 0.320. The average molecular weight is 292 g/mol. The molecule has 0 spiro atoms. The van der Waals surface area contributed by atoms with Crippen molar-refractivity contribution in [2.75, 3.05) is 5.32 Å². The van der Waals surface area contributed by atoms with Crippen LogP contribution in [0.25, 0.3) is 0 Å². The number of fused-ring (bicyclic) bond motifs is 1. The fraction of sp³-hybridized carbons (Fsp3) is 0.167. The van der Waals surface area contributed by atoms with Crippen molar-refractivity contribution in [3.05, 3.63) is 71.4 Å². The molecule has 0 unspecified atom stereocenters. The van der Waals surface area contributed by atoms with Crippen molar-refractivity contribution < 1.29 is 0 Å². The molecule has 2 aromatic carbocycles. The van der Waals surface area contributed by atoms with Crippen molar-refractivity contribution in [3.63, 3.8) is 0 Å². The highest BCUT2D eigenvalue weighted by molar-refractivity contribution is 7.99. The zero-order chi connectivity index (χ0) is 14.7. The standard InChI is InChI=1S/C18H16N2S/c1-13(12-19)16-11-18(14-7-3-2-4-8-14)21-17-10-6-5-9-15(17)20-16/h2-10,18,20H,11H2,1H3/b16-13-/t18-/m0/s1. The lowest BCUT2D eigenvalue weighted by molar-refractivity contribution is 0.917. The van der Waals surface area contributed by atoms with Gasteiger partial charge >= 0.3 is 0 Å². The Labute approximate surface area is 129 Å². The Morgan fingerprint density at radius 3 is 2.62 bits per heavy atom. The normalized spacial score (nSPS) is 19.7. The number of benzene rings is 2. The van der Waals surface area contributed by atoms with Gasteiger partial charge in [-0.3, -0.25) is 0 Å². The molecule has 0 bridgehead atoms. The highest BCUT2D eigenvalue weighted by Gasteiger charge is 2.22. The summed E-state index contributed by atoms with van der Waals surface area (Å²) in [6, 6.07) is 21.0. The Hall–Kier alpha value is -2.18. The molecular weight excluding hydrogens is 276 g/mol. The maximum absolute atomic E-state index is 9.23. The van der Waals surface area contributed by atoms with Crippen molar-refractivity contribution >= 4 is 17.4 Å². The molecule has 3 heteroatoms. The number of thioether (sulfide) groups is 1. The van der Waals surface area contributed by atoms with Gasteiger partial charge in [0.25, 0.3) is 0 Å². The maximum atomic E-state index is 9.23. The second-order valence-electron chi connectivity index (χ2n) is 5.06. The third-order valence-corrected chi connectivity index (χ3v) is 4.96. The lowest BCUT2D eigenvalue weighted by Crippen LogP contribution is -2.03. The molecule has 0 aromatic heterocycles. The Morgan fingerprint density at radius 1 is 1.14 bits per heavy atom. The molecule has 2 aromatic rings. The molecule has 1 N–H and O–H groups in total. The summed E-state index contributed by atoms with van der Waals surface area (Å²) in [6.07, 6.45) is 0.836. The van der Waals surface area contributed by atoms with Gasteiger partial charge in [0.1, 0.15) is 0 Å². The number of rotatable bonds is 1. The lowest BCUT2D eigenvalue weighted by Gasteiger charge is -2.15. The molecule has 1 aliphatic heterocycles. The Kier molecular flexibility index (Phi) is 3.98. The molecule has 0 amide bonds. The molecule has 1 atom stereocenters. The van der Waals surface area contributed by atoms with Gasteiger partial charge in [-0.15, -0.1) is 11.8 Å². The SMILES string of the molecule is C/C(C#N)=C1\C[C@@H](c2ccccc2)Sc2ccccc2N1. The quantitative estimate of drug-likeness (QED) is 0.740. The summed E-state index contributed by atoms with van der Waals surface area (Å²) in [5, 5.41) is 13.0. The summed E-state index contributed by atoms with van der Waals surface area (Å²) in [7, 11) is 0. The molecule has 0 saturated carbocycles. The number of nitrogens with zero attached hydrogens (tertiary/aromatic N) is 1. The molecule has 1 aliphatic rings. The minimum Gasteiger partial charge on any atom is -0.357 e. The summed E-state index contributed by atoms with van der Waals surface area (Å²) in [6.45, 7) is 1.88. The van der Waals surface area contributed by atoms with E-state index in [9.17, 15) is 5.26 Å². The monoisotopic (exact) mass is 292 g/mol. The Morgan fingerprint density at radius 2 is 1.86 bits per heavy atom. The first kappa shape index (κ1) is 13.8. The number of para-hydroxylation sites is 1. The minimum atomic E-state index is 0.320. The maximum Gasteiger partial charge on any atom is 0.0962 e. The zero-order valence-corrected chi connectivity index (χ0v) is 12.7. The fourth-order valence-electron chi connectivity index (χ4n) is 2.43. The van der Waals surface area contributed by atoms with Crippen molar-refractivity contribution in [1.82, 2.24) is 0 Å². The van der Waals surface area contributed by atoms with Crippen molar-refractivity contribution in [3.8, 4) is 6.07 Å². The van der Waals surface area contributed by atoms with E-state index in [0.29, 0.717) is 5.25 Å². The average Bonchev–Trinajstić information content (AvgIpc) is 2.74. The van der Waals surface area contributed by atoms with Crippen molar-refractivity contribution in [2.45, 2.75) is 23.5 Å². The molecule has 0 aliphatic carbocycles. The molecule has 0 fully saturated rings. The van der Waals surface area contributed by atoms with Gasteiger partial charge < -0.3 is 5.32 Å². The van der Waals surface area contributed by atoms with E-state index in [1.807, 2.05) is 30.8 Å². The molecule has 104 valence electrons. The van der Waals surface area contributed by atoms with Crippen LogP contribution in [-0.2, 0) is 0 Å².